The highest BCUT2D eigenvalue weighted by molar-refractivity contribution is 5.96. The molecule has 1 N–H and O–H groups in total. The van der Waals surface area contributed by atoms with E-state index in [2.05, 4.69) is 10.3 Å². The SMILES string of the molecule is CNC(=O)CN(Cc1cc2ccccc2o1)C(=O)c1ccc(Oc2ccc(Oc3ccccc3)cc2)nc1. The number of hydrogen-bond donors (Lipinski definition) is 1. The normalized spacial score (nSPS) is 10.7. The van der Waals surface area contributed by atoms with Gasteiger partial charge in [-0.1, -0.05) is 36.4 Å². The molecule has 0 spiro atoms. The third-order valence-electron chi connectivity index (χ3n) is 5.73. The third kappa shape index (κ3) is 5.99. The van der Waals surface area contributed by atoms with Gasteiger partial charge in [0.15, 0.2) is 0 Å². The van der Waals surface area contributed by atoms with Crippen molar-refractivity contribution in [3.05, 3.63) is 115 Å². The summed E-state index contributed by atoms with van der Waals surface area (Å²) in [6, 6.07) is 29.3. The molecule has 0 saturated heterocycles. The van der Waals surface area contributed by atoms with E-state index in [1.807, 2.05) is 60.7 Å². The summed E-state index contributed by atoms with van der Waals surface area (Å²) in [7, 11) is 1.53. The fourth-order valence-corrected chi connectivity index (χ4v) is 3.83. The van der Waals surface area contributed by atoms with Gasteiger partial charge in [-0.3, -0.25) is 9.59 Å². The Morgan fingerprint density at radius 1 is 0.842 bits per heavy atom. The molecule has 5 aromatic rings. The van der Waals surface area contributed by atoms with E-state index in [4.69, 9.17) is 13.9 Å². The van der Waals surface area contributed by atoms with Crippen molar-refractivity contribution in [2.24, 2.45) is 0 Å². The van der Waals surface area contributed by atoms with Gasteiger partial charge in [0.1, 0.15) is 35.1 Å². The Hall–Kier alpha value is -5.11. The molecule has 190 valence electrons. The molecule has 0 aliphatic rings. The monoisotopic (exact) mass is 507 g/mol. The van der Waals surface area contributed by atoms with E-state index in [0.717, 1.165) is 16.7 Å². The molecule has 0 bridgehead atoms. The second kappa shape index (κ2) is 11.3. The van der Waals surface area contributed by atoms with Crippen molar-refractivity contribution in [2.75, 3.05) is 13.6 Å². The number of amides is 2. The molecule has 0 atom stereocenters. The Labute approximate surface area is 219 Å². The number of nitrogens with one attached hydrogen (secondary N) is 1. The second-order valence-electron chi connectivity index (χ2n) is 8.46. The molecule has 0 aliphatic heterocycles. The molecule has 2 heterocycles. The smallest absolute Gasteiger partial charge is 0.256 e. The number of ether oxygens (including phenoxy) is 2. The maximum atomic E-state index is 13.3. The average Bonchev–Trinajstić information content (AvgIpc) is 3.37. The van der Waals surface area contributed by atoms with Crippen LogP contribution >= 0.6 is 0 Å². The van der Waals surface area contributed by atoms with Crippen LogP contribution in [0.4, 0.5) is 0 Å². The van der Waals surface area contributed by atoms with Crippen molar-refractivity contribution in [1.29, 1.82) is 0 Å². The Kier molecular flexibility index (Phi) is 7.31. The summed E-state index contributed by atoms with van der Waals surface area (Å²) in [5, 5.41) is 3.49. The molecule has 2 aromatic heterocycles. The maximum absolute atomic E-state index is 13.3. The van der Waals surface area contributed by atoms with Crippen LogP contribution in [0.25, 0.3) is 11.0 Å². The predicted molar refractivity (Wildman–Crippen MR) is 142 cm³/mol. The first-order valence-corrected chi connectivity index (χ1v) is 12.0. The zero-order valence-corrected chi connectivity index (χ0v) is 20.7. The Bertz CT molecular complexity index is 1500. The van der Waals surface area contributed by atoms with E-state index in [1.54, 1.807) is 36.4 Å². The average molecular weight is 508 g/mol. The first kappa shape index (κ1) is 24.6. The third-order valence-corrected chi connectivity index (χ3v) is 5.73. The number of aromatic nitrogens is 1. The number of benzene rings is 3. The lowest BCUT2D eigenvalue weighted by Crippen LogP contribution is -2.39. The van der Waals surface area contributed by atoms with Crippen molar-refractivity contribution in [1.82, 2.24) is 15.2 Å². The molecule has 0 unspecified atom stereocenters. The standard InChI is InChI=1S/C30H25N3O5/c1-31-28(34)20-33(19-26-17-21-7-5-6-10-27(21)37-26)30(35)22-11-16-29(32-18-22)38-25-14-12-24(13-15-25)36-23-8-3-2-4-9-23/h2-18H,19-20H2,1H3,(H,31,34). The molecule has 0 fully saturated rings. The maximum Gasteiger partial charge on any atom is 0.256 e. The van der Waals surface area contributed by atoms with Crippen LogP contribution in [0.5, 0.6) is 23.1 Å². The highest BCUT2D eigenvalue weighted by atomic mass is 16.5. The zero-order chi connectivity index (χ0) is 26.3. The summed E-state index contributed by atoms with van der Waals surface area (Å²) in [6.07, 6.45) is 1.43. The number of hydrogen-bond acceptors (Lipinski definition) is 6. The molecule has 8 heteroatoms. The first-order chi connectivity index (χ1) is 18.6. The number of fused-ring (bicyclic) bond motifs is 1. The summed E-state index contributed by atoms with van der Waals surface area (Å²) >= 11 is 0. The van der Waals surface area contributed by atoms with Gasteiger partial charge in [0.05, 0.1) is 12.1 Å². The molecular weight excluding hydrogens is 482 g/mol. The quantitative estimate of drug-likeness (QED) is 0.271. The van der Waals surface area contributed by atoms with Crippen molar-refractivity contribution in [2.45, 2.75) is 6.54 Å². The van der Waals surface area contributed by atoms with Gasteiger partial charge in [0.25, 0.3) is 5.91 Å². The predicted octanol–water partition coefficient (Wildman–Crippen LogP) is 5.80. The Balaban J connectivity index is 1.26. The fraction of sp³-hybridized carbons (Fsp3) is 0.100. The van der Waals surface area contributed by atoms with Crippen LogP contribution in [0.1, 0.15) is 16.1 Å². The number of nitrogens with zero attached hydrogens (tertiary/aromatic N) is 2. The molecule has 38 heavy (non-hydrogen) atoms. The number of para-hydroxylation sites is 2. The number of carbonyl (C=O) groups excluding carboxylic acids is 2. The number of furan rings is 1. The van der Waals surface area contributed by atoms with Crippen LogP contribution in [0.15, 0.2) is 108 Å². The minimum Gasteiger partial charge on any atom is -0.459 e. The first-order valence-electron chi connectivity index (χ1n) is 12.0. The van der Waals surface area contributed by atoms with Crippen LogP contribution in [0, 0.1) is 0 Å². The van der Waals surface area contributed by atoms with Crippen LogP contribution in [0.2, 0.25) is 0 Å². The van der Waals surface area contributed by atoms with Gasteiger partial charge in [-0.15, -0.1) is 0 Å². The van der Waals surface area contributed by atoms with E-state index in [1.165, 1.54) is 18.1 Å². The van der Waals surface area contributed by atoms with Gasteiger partial charge in [-0.2, -0.15) is 0 Å². The van der Waals surface area contributed by atoms with Gasteiger partial charge < -0.3 is 24.1 Å². The molecule has 2 amide bonds. The van der Waals surface area contributed by atoms with Crippen molar-refractivity contribution >= 4 is 22.8 Å². The molecule has 8 nitrogen and oxygen atoms in total. The van der Waals surface area contributed by atoms with Crippen LogP contribution in [-0.2, 0) is 11.3 Å². The highest BCUT2D eigenvalue weighted by Crippen LogP contribution is 2.26. The van der Waals surface area contributed by atoms with Gasteiger partial charge in [0, 0.05) is 24.7 Å². The number of rotatable bonds is 9. The highest BCUT2D eigenvalue weighted by Gasteiger charge is 2.21. The summed E-state index contributed by atoms with van der Waals surface area (Å²) in [5.41, 5.74) is 1.04. The molecular formula is C30H25N3O5. The minimum absolute atomic E-state index is 0.123. The van der Waals surface area contributed by atoms with Gasteiger partial charge >= 0.3 is 0 Å². The van der Waals surface area contributed by atoms with Crippen LogP contribution in [0.3, 0.4) is 0 Å². The van der Waals surface area contributed by atoms with Crippen LogP contribution in [-0.4, -0.2) is 35.3 Å². The van der Waals surface area contributed by atoms with E-state index >= 15 is 0 Å². The van der Waals surface area contributed by atoms with E-state index < -0.39 is 0 Å². The van der Waals surface area contributed by atoms with Gasteiger partial charge in [-0.25, -0.2) is 4.98 Å². The molecule has 3 aromatic carbocycles. The van der Waals surface area contributed by atoms with Crippen molar-refractivity contribution in [3.8, 4) is 23.1 Å². The number of pyridine rings is 1. The molecule has 0 radical (unpaired) electrons. The molecule has 5 rings (SSSR count). The lowest BCUT2D eigenvalue weighted by Gasteiger charge is -2.20. The topological polar surface area (TPSA) is 93.9 Å². The number of likely N-dealkylation sites (N-methyl/N-ethyl adjacent to an activating group) is 1. The zero-order valence-electron chi connectivity index (χ0n) is 20.7. The number of carbonyl (C=O) groups is 2. The second-order valence-corrected chi connectivity index (χ2v) is 8.46. The largest absolute Gasteiger partial charge is 0.459 e. The molecule has 0 aliphatic carbocycles. The summed E-state index contributed by atoms with van der Waals surface area (Å²) in [4.78, 5) is 31.1. The lowest BCUT2D eigenvalue weighted by atomic mass is 10.2. The van der Waals surface area contributed by atoms with E-state index in [9.17, 15) is 9.59 Å². The molecule has 0 saturated carbocycles. The van der Waals surface area contributed by atoms with Gasteiger partial charge in [0.2, 0.25) is 11.8 Å². The Morgan fingerprint density at radius 3 is 2.21 bits per heavy atom. The van der Waals surface area contributed by atoms with Crippen molar-refractivity contribution < 1.29 is 23.5 Å². The summed E-state index contributed by atoms with van der Waals surface area (Å²) < 4.78 is 17.5. The van der Waals surface area contributed by atoms with Crippen molar-refractivity contribution in [3.63, 3.8) is 0 Å². The summed E-state index contributed by atoms with van der Waals surface area (Å²) in [6.45, 7) is 0.0125. The van der Waals surface area contributed by atoms with Gasteiger partial charge in [-0.05, 0) is 54.6 Å². The van der Waals surface area contributed by atoms with E-state index in [-0.39, 0.29) is 24.9 Å². The van der Waals surface area contributed by atoms with Crippen LogP contribution < -0.4 is 14.8 Å². The lowest BCUT2D eigenvalue weighted by molar-refractivity contribution is -0.121. The Morgan fingerprint density at radius 2 is 1.53 bits per heavy atom. The van der Waals surface area contributed by atoms with E-state index in [0.29, 0.717) is 28.7 Å². The fourth-order valence-electron chi connectivity index (χ4n) is 3.83. The minimum atomic E-state index is -0.351. The summed E-state index contributed by atoms with van der Waals surface area (Å²) in [5.74, 6) is 2.26.